The Kier molecular flexibility index (Phi) is 8.03. The van der Waals surface area contributed by atoms with E-state index < -0.39 is 6.36 Å². The average Bonchev–Trinajstić information content (AvgIpc) is 3.11. The quantitative estimate of drug-likeness (QED) is 0.480. The Labute approximate surface area is 183 Å². The molecule has 1 aromatic heterocycles. The number of nitrogens with one attached hydrogen (secondary N) is 1. The maximum Gasteiger partial charge on any atom is 0.573 e. The van der Waals surface area contributed by atoms with Gasteiger partial charge in [-0.2, -0.15) is 0 Å². The molecule has 7 heteroatoms. The van der Waals surface area contributed by atoms with Gasteiger partial charge in [0.2, 0.25) is 0 Å². The lowest BCUT2D eigenvalue weighted by Gasteiger charge is -2.30. The Morgan fingerprint density at radius 1 is 1.10 bits per heavy atom. The number of hydrogen-bond donors (Lipinski definition) is 1. The van der Waals surface area contributed by atoms with Crippen molar-refractivity contribution in [1.82, 2.24) is 14.9 Å². The number of halogens is 3. The molecule has 2 aromatic rings. The number of aromatic amines is 1. The van der Waals surface area contributed by atoms with Gasteiger partial charge in [-0.25, -0.2) is 4.98 Å². The maximum atomic E-state index is 12.8. The van der Waals surface area contributed by atoms with Gasteiger partial charge in [-0.1, -0.05) is 26.7 Å². The minimum absolute atomic E-state index is 0.177. The topological polar surface area (TPSA) is 41.1 Å². The monoisotopic (exact) mass is 437 g/mol. The van der Waals surface area contributed by atoms with E-state index in [1.54, 1.807) is 0 Å². The number of likely N-dealkylation sites (tertiary alicyclic amines) is 1. The van der Waals surface area contributed by atoms with Crippen molar-refractivity contribution in [2.45, 2.75) is 78.0 Å². The normalized spacial score (nSPS) is 16.1. The van der Waals surface area contributed by atoms with E-state index in [0.29, 0.717) is 23.6 Å². The van der Waals surface area contributed by atoms with Crippen LogP contribution in [0.4, 0.5) is 13.2 Å². The van der Waals surface area contributed by atoms with Crippen molar-refractivity contribution in [3.8, 4) is 17.0 Å². The molecule has 1 aliphatic heterocycles. The summed E-state index contributed by atoms with van der Waals surface area (Å²) >= 11 is 0. The Balaban J connectivity index is 1.81. The first kappa shape index (κ1) is 23.6. The number of hydrogen-bond acceptors (Lipinski definition) is 3. The van der Waals surface area contributed by atoms with E-state index in [1.165, 1.54) is 25.0 Å². The summed E-state index contributed by atoms with van der Waals surface area (Å²) in [6.07, 6.45) is 2.43. The number of ether oxygens (including phenoxy) is 1. The number of unbranched alkanes of at least 4 members (excludes halogenated alkanes) is 2. The van der Waals surface area contributed by atoms with Crippen LogP contribution in [0.2, 0.25) is 0 Å². The summed E-state index contributed by atoms with van der Waals surface area (Å²) in [6.45, 7) is 9.49. The summed E-state index contributed by atoms with van der Waals surface area (Å²) in [7, 11) is 0. The molecule has 1 saturated heterocycles. The lowest BCUT2D eigenvalue weighted by atomic mass is 9.96. The Bertz CT molecular complexity index is 839. The van der Waals surface area contributed by atoms with Crippen molar-refractivity contribution >= 4 is 0 Å². The molecule has 0 radical (unpaired) electrons. The van der Waals surface area contributed by atoms with E-state index in [1.807, 2.05) is 13.0 Å². The first-order valence-corrected chi connectivity index (χ1v) is 11.5. The fraction of sp³-hybridized carbons (Fsp3) is 0.625. The largest absolute Gasteiger partial charge is 0.573 e. The number of imidazole rings is 1. The van der Waals surface area contributed by atoms with E-state index in [-0.39, 0.29) is 5.75 Å². The van der Waals surface area contributed by atoms with Crippen LogP contribution in [0, 0.1) is 6.92 Å². The molecule has 0 atom stereocenters. The molecule has 0 saturated carbocycles. The fourth-order valence-corrected chi connectivity index (χ4v) is 4.28. The molecule has 31 heavy (non-hydrogen) atoms. The van der Waals surface area contributed by atoms with Crippen molar-refractivity contribution in [1.29, 1.82) is 0 Å². The summed E-state index contributed by atoms with van der Waals surface area (Å²) in [6, 6.07) is 4.88. The van der Waals surface area contributed by atoms with Crippen LogP contribution in [-0.4, -0.2) is 40.9 Å². The first-order chi connectivity index (χ1) is 14.8. The molecule has 0 amide bonds. The SMILES string of the molecule is CCCCc1cc(OC(F)(F)F)cc(-c2nc(C3CCN(CCCC)CC3)[nH]c2C)c1. The van der Waals surface area contributed by atoms with Crippen molar-refractivity contribution in [2.75, 3.05) is 19.6 Å². The minimum atomic E-state index is -4.71. The van der Waals surface area contributed by atoms with Crippen LogP contribution in [0.1, 0.15) is 75.4 Å². The molecule has 4 nitrogen and oxygen atoms in total. The smallest absolute Gasteiger partial charge is 0.406 e. The second-order valence-corrected chi connectivity index (χ2v) is 8.58. The molecule has 1 aromatic carbocycles. The molecule has 0 spiro atoms. The van der Waals surface area contributed by atoms with Crippen LogP contribution in [-0.2, 0) is 6.42 Å². The predicted molar refractivity (Wildman–Crippen MR) is 117 cm³/mol. The van der Waals surface area contributed by atoms with Gasteiger partial charge in [0, 0.05) is 17.2 Å². The molecule has 2 heterocycles. The summed E-state index contributed by atoms with van der Waals surface area (Å²) in [5.74, 6) is 1.13. The Morgan fingerprint density at radius 2 is 1.81 bits per heavy atom. The lowest BCUT2D eigenvalue weighted by molar-refractivity contribution is -0.274. The van der Waals surface area contributed by atoms with Gasteiger partial charge in [0.25, 0.3) is 0 Å². The minimum Gasteiger partial charge on any atom is -0.406 e. The van der Waals surface area contributed by atoms with E-state index in [4.69, 9.17) is 4.98 Å². The van der Waals surface area contributed by atoms with Gasteiger partial charge in [0.1, 0.15) is 11.6 Å². The Hall–Kier alpha value is -2.02. The zero-order valence-corrected chi connectivity index (χ0v) is 18.8. The number of benzene rings is 1. The summed E-state index contributed by atoms with van der Waals surface area (Å²) in [4.78, 5) is 10.8. The summed E-state index contributed by atoms with van der Waals surface area (Å²) in [5, 5.41) is 0. The van der Waals surface area contributed by atoms with Gasteiger partial charge in [0.15, 0.2) is 0 Å². The van der Waals surface area contributed by atoms with Gasteiger partial charge in [-0.05, 0) is 82.4 Å². The van der Waals surface area contributed by atoms with Crippen molar-refractivity contribution in [3.05, 3.63) is 35.3 Å². The van der Waals surface area contributed by atoms with Crippen LogP contribution < -0.4 is 4.74 Å². The van der Waals surface area contributed by atoms with Crippen molar-refractivity contribution in [3.63, 3.8) is 0 Å². The van der Waals surface area contributed by atoms with Gasteiger partial charge in [-0.15, -0.1) is 13.2 Å². The van der Waals surface area contributed by atoms with Crippen LogP contribution >= 0.6 is 0 Å². The molecule has 1 fully saturated rings. The third kappa shape index (κ3) is 6.73. The number of nitrogens with zero attached hydrogens (tertiary/aromatic N) is 2. The standard InChI is InChI=1S/C24H34F3N3O/c1-4-6-8-18-14-20(16-21(15-18)31-24(25,26)27)22-17(3)28-23(29-22)19-9-12-30(13-10-19)11-7-5-2/h14-16,19H,4-13H2,1-3H3,(H,28,29). The van der Waals surface area contributed by atoms with Gasteiger partial charge in [-0.3, -0.25) is 0 Å². The molecular weight excluding hydrogens is 403 g/mol. The molecule has 0 unspecified atom stereocenters. The first-order valence-electron chi connectivity index (χ1n) is 11.5. The van der Waals surface area contributed by atoms with E-state index in [2.05, 4.69) is 28.5 Å². The fourth-order valence-electron chi connectivity index (χ4n) is 4.28. The number of aromatic nitrogens is 2. The predicted octanol–water partition coefficient (Wildman–Crippen LogP) is 6.61. The summed E-state index contributed by atoms with van der Waals surface area (Å²) in [5.41, 5.74) is 3.11. The molecule has 1 N–H and O–H groups in total. The molecule has 1 aliphatic rings. The highest BCUT2D eigenvalue weighted by Crippen LogP contribution is 2.33. The second-order valence-electron chi connectivity index (χ2n) is 8.58. The molecule has 0 aliphatic carbocycles. The van der Waals surface area contributed by atoms with Crippen LogP contribution in [0.25, 0.3) is 11.3 Å². The highest BCUT2D eigenvalue weighted by molar-refractivity contribution is 5.65. The number of H-pyrrole nitrogens is 1. The van der Waals surface area contributed by atoms with Gasteiger partial charge >= 0.3 is 6.36 Å². The second kappa shape index (κ2) is 10.5. The van der Waals surface area contributed by atoms with Crippen molar-refractivity contribution < 1.29 is 17.9 Å². The third-order valence-electron chi connectivity index (χ3n) is 6.00. The third-order valence-corrected chi connectivity index (χ3v) is 6.00. The number of aryl methyl sites for hydroxylation is 2. The zero-order chi connectivity index (χ0) is 22.4. The average molecular weight is 438 g/mol. The molecule has 172 valence electrons. The van der Waals surface area contributed by atoms with Gasteiger partial charge in [0.05, 0.1) is 5.69 Å². The molecule has 3 rings (SSSR count). The number of piperidine rings is 1. The van der Waals surface area contributed by atoms with Crippen LogP contribution in [0.15, 0.2) is 18.2 Å². The maximum absolute atomic E-state index is 12.8. The zero-order valence-electron chi connectivity index (χ0n) is 18.8. The van der Waals surface area contributed by atoms with E-state index in [9.17, 15) is 13.2 Å². The van der Waals surface area contributed by atoms with Crippen LogP contribution in [0.3, 0.4) is 0 Å². The van der Waals surface area contributed by atoms with E-state index >= 15 is 0 Å². The van der Waals surface area contributed by atoms with Gasteiger partial charge < -0.3 is 14.6 Å². The number of rotatable bonds is 9. The summed E-state index contributed by atoms with van der Waals surface area (Å²) < 4.78 is 42.8. The Morgan fingerprint density at radius 3 is 2.45 bits per heavy atom. The van der Waals surface area contributed by atoms with Crippen molar-refractivity contribution in [2.24, 2.45) is 0 Å². The molecule has 0 bridgehead atoms. The number of alkyl halides is 3. The lowest BCUT2D eigenvalue weighted by Crippen LogP contribution is -2.33. The van der Waals surface area contributed by atoms with Crippen LogP contribution in [0.5, 0.6) is 5.75 Å². The highest BCUT2D eigenvalue weighted by Gasteiger charge is 2.31. The highest BCUT2D eigenvalue weighted by atomic mass is 19.4. The molecular formula is C24H34F3N3O. The van der Waals surface area contributed by atoms with E-state index in [0.717, 1.165) is 62.4 Å².